The molecule has 0 atom stereocenters. The third-order valence-corrected chi connectivity index (χ3v) is 2.75. The Labute approximate surface area is 99.8 Å². The van der Waals surface area contributed by atoms with Gasteiger partial charge in [-0.3, -0.25) is 4.79 Å². The molecule has 0 bridgehead atoms. The summed E-state index contributed by atoms with van der Waals surface area (Å²) in [5.74, 6) is 0.0142. The summed E-state index contributed by atoms with van der Waals surface area (Å²) >= 11 is 1.59. The minimum absolute atomic E-state index is 0.0494. The zero-order chi connectivity index (χ0) is 12.4. The maximum atomic E-state index is 11.9. The second kappa shape index (κ2) is 4.53. The van der Waals surface area contributed by atoms with Crippen LogP contribution in [0, 0.1) is 0 Å². The van der Waals surface area contributed by atoms with Crippen molar-refractivity contribution in [1.29, 1.82) is 0 Å². The van der Waals surface area contributed by atoms with Crippen LogP contribution in [0.1, 0.15) is 10.5 Å². The lowest BCUT2D eigenvalue weighted by Crippen LogP contribution is -2.30. The Morgan fingerprint density at radius 3 is 3.00 bits per heavy atom. The lowest BCUT2D eigenvalue weighted by atomic mass is 10.4. The molecule has 1 amide bonds. The largest absolute Gasteiger partial charge is 0.364 e. The first-order chi connectivity index (χ1) is 8.15. The van der Waals surface area contributed by atoms with Crippen LogP contribution in [0.5, 0.6) is 0 Å². The summed E-state index contributed by atoms with van der Waals surface area (Å²) in [5.41, 5.74) is 4.75. The number of imidazole rings is 1. The van der Waals surface area contributed by atoms with Crippen molar-refractivity contribution in [3.63, 3.8) is 0 Å². The molecule has 0 radical (unpaired) electrons. The molecule has 2 aromatic rings. The molecule has 0 unspecified atom stereocenters. The van der Waals surface area contributed by atoms with E-state index in [-0.39, 0.29) is 17.0 Å². The Hall–Kier alpha value is -1.90. The van der Waals surface area contributed by atoms with Gasteiger partial charge in [-0.25, -0.2) is 14.2 Å². The number of rotatable bonds is 4. The second-order valence-corrected chi connectivity index (χ2v) is 4.22. The summed E-state index contributed by atoms with van der Waals surface area (Å²) in [7, 11) is 0. The Morgan fingerprint density at radius 2 is 2.35 bits per heavy atom. The maximum Gasteiger partial charge on any atom is 0.352 e. The Balaban J connectivity index is 2.54. The van der Waals surface area contributed by atoms with Crippen LogP contribution in [-0.2, 0) is 6.54 Å². The zero-order valence-corrected chi connectivity index (χ0v) is 9.85. The zero-order valence-electron chi connectivity index (χ0n) is 9.03. The SMILES string of the molecule is CSCCn1nnc2c(C(N)=O)ncn2c1=O. The van der Waals surface area contributed by atoms with Crippen LogP contribution in [0.4, 0.5) is 0 Å². The van der Waals surface area contributed by atoms with Gasteiger partial charge in [0.15, 0.2) is 11.3 Å². The van der Waals surface area contributed by atoms with Gasteiger partial charge in [0, 0.05) is 5.75 Å². The van der Waals surface area contributed by atoms with Gasteiger partial charge in [0.1, 0.15) is 6.33 Å². The lowest BCUT2D eigenvalue weighted by Gasteiger charge is -2.01. The van der Waals surface area contributed by atoms with Crippen molar-refractivity contribution in [2.45, 2.75) is 6.54 Å². The standard InChI is InChI=1S/C8H10N6O2S/c1-17-3-2-14-8(16)13-4-10-5(6(9)15)7(13)11-12-14/h4H,2-3H2,1H3,(H2,9,15). The molecule has 0 saturated carbocycles. The second-order valence-electron chi connectivity index (χ2n) is 3.24. The number of fused-ring (bicyclic) bond motifs is 1. The van der Waals surface area contributed by atoms with Gasteiger partial charge in [-0.15, -0.1) is 5.10 Å². The molecule has 0 spiro atoms. The van der Waals surface area contributed by atoms with E-state index in [4.69, 9.17) is 5.73 Å². The van der Waals surface area contributed by atoms with E-state index in [1.807, 2.05) is 6.26 Å². The predicted molar refractivity (Wildman–Crippen MR) is 61.9 cm³/mol. The highest BCUT2D eigenvalue weighted by atomic mass is 32.2. The monoisotopic (exact) mass is 254 g/mol. The van der Waals surface area contributed by atoms with E-state index in [0.717, 1.165) is 10.2 Å². The Bertz CT molecular complexity index is 618. The molecular formula is C8H10N6O2S. The number of carbonyl (C=O) groups excluding carboxylic acids is 1. The van der Waals surface area contributed by atoms with Crippen molar-refractivity contribution in [3.05, 3.63) is 22.5 Å². The summed E-state index contributed by atoms with van der Waals surface area (Å²) in [5, 5.41) is 7.51. The number of amides is 1. The minimum Gasteiger partial charge on any atom is -0.364 e. The maximum absolute atomic E-state index is 11.9. The molecule has 2 rings (SSSR count). The fourth-order valence-corrected chi connectivity index (χ4v) is 1.68. The molecule has 2 heterocycles. The highest BCUT2D eigenvalue weighted by Gasteiger charge is 2.14. The number of aryl methyl sites for hydroxylation is 1. The van der Waals surface area contributed by atoms with Crippen LogP contribution in [0.25, 0.3) is 5.65 Å². The van der Waals surface area contributed by atoms with Crippen LogP contribution in [0.2, 0.25) is 0 Å². The molecule has 0 aliphatic heterocycles. The highest BCUT2D eigenvalue weighted by Crippen LogP contribution is 2.01. The molecule has 8 nitrogen and oxygen atoms in total. The third-order valence-electron chi connectivity index (χ3n) is 2.16. The number of primary amides is 1. The van der Waals surface area contributed by atoms with Crippen LogP contribution in [-0.4, -0.2) is 42.3 Å². The van der Waals surface area contributed by atoms with Gasteiger partial charge in [0.05, 0.1) is 6.54 Å². The number of nitrogens with two attached hydrogens (primary N) is 1. The predicted octanol–water partition coefficient (Wildman–Crippen LogP) is -1.25. The fraction of sp³-hybridized carbons (Fsp3) is 0.375. The van der Waals surface area contributed by atoms with E-state index in [1.165, 1.54) is 11.0 Å². The first kappa shape index (κ1) is 11.6. The number of thioether (sulfide) groups is 1. The average molecular weight is 254 g/mol. The molecule has 2 N–H and O–H groups in total. The van der Waals surface area contributed by atoms with E-state index in [0.29, 0.717) is 6.54 Å². The van der Waals surface area contributed by atoms with Gasteiger partial charge < -0.3 is 5.73 Å². The molecule has 0 aliphatic rings. The topological polar surface area (TPSA) is 108 Å². The number of nitrogens with zero attached hydrogens (tertiary/aromatic N) is 5. The number of aromatic nitrogens is 5. The molecular weight excluding hydrogens is 244 g/mol. The summed E-state index contributed by atoms with van der Waals surface area (Å²) < 4.78 is 2.38. The van der Waals surface area contributed by atoms with E-state index in [9.17, 15) is 9.59 Å². The summed E-state index contributed by atoms with van der Waals surface area (Å²) in [4.78, 5) is 26.6. The quantitative estimate of drug-likeness (QED) is 0.730. The van der Waals surface area contributed by atoms with Gasteiger partial charge in [-0.05, 0) is 6.26 Å². The van der Waals surface area contributed by atoms with Crippen LogP contribution in [0.15, 0.2) is 11.1 Å². The molecule has 17 heavy (non-hydrogen) atoms. The van der Waals surface area contributed by atoms with Crippen molar-refractivity contribution in [3.8, 4) is 0 Å². The normalized spacial score (nSPS) is 10.9. The van der Waals surface area contributed by atoms with Crippen LogP contribution in [0.3, 0.4) is 0 Å². The molecule has 0 aliphatic carbocycles. The van der Waals surface area contributed by atoms with Gasteiger partial charge in [0.2, 0.25) is 0 Å². The molecule has 0 saturated heterocycles. The minimum atomic E-state index is -0.733. The van der Waals surface area contributed by atoms with E-state index >= 15 is 0 Å². The van der Waals surface area contributed by atoms with E-state index in [1.54, 1.807) is 11.8 Å². The van der Waals surface area contributed by atoms with Crippen molar-refractivity contribution in [1.82, 2.24) is 24.4 Å². The number of hydrogen-bond donors (Lipinski definition) is 1. The van der Waals surface area contributed by atoms with Gasteiger partial charge in [-0.2, -0.15) is 16.4 Å². The lowest BCUT2D eigenvalue weighted by molar-refractivity contribution is 0.0997. The van der Waals surface area contributed by atoms with Gasteiger partial charge in [0.25, 0.3) is 5.91 Å². The molecule has 9 heteroatoms. The first-order valence-corrected chi connectivity index (χ1v) is 6.14. The van der Waals surface area contributed by atoms with Crippen LogP contribution >= 0.6 is 11.8 Å². The van der Waals surface area contributed by atoms with Crippen molar-refractivity contribution in [2.75, 3.05) is 12.0 Å². The van der Waals surface area contributed by atoms with Gasteiger partial charge >= 0.3 is 5.69 Å². The Morgan fingerprint density at radius 1 is 1.59 bits per heavy atom. The van der Waals surface area contributed by atoms with Crippen LogP contribution < -0.4 is 11.4 Å². The molecule has 2 aromatic heterocycles. The Kier molecular flexibility index (Phi) is 3.09. The molecule has 0 fully saturated rings. The summed E-state index contributed by atoms with van der Waals surface area (Å²) in [6.07, 6.45) is 3.15. The van der Waals surface area contributed by atoms with Crippen molar-refractivity contribution < 1.29 is 4.79 Å². The van der Waals surface area contributed by atoms with Crippen molar-refractivity contribution in [2.24, 2.45) is 5.73 Å². The van der Waals surface area contributed by atoms with Gasteiger partial charge in [-0.1, -0.05) is 5.21 Å². The molecule has 0 aromatic carbocycles. The van der Waals surface area contributed by atoms with E-state index < -0.39 is 5.91 Å². The fourth-order valence-electron chi connectivity index (χ4n) is 1.33. The molecule has 90 valence electrons. The average Bonchev–Trinajstić information content (AvgIpc) is 2.73. The highest BCUT2D eigenvalue weighted by molar-refractivity contribution is 7.98. The number of carbonyl (C=O) groups is 1. The summed E-state index contributed by atoms with van der Waals surface area (Å²) in [6, 6.07) is 0. The first-order valence-electron chi connectivity index (χ1n) is 4.74. The van der Waals surface area contributed by atoms with E-state index in [2.05, 4.69) is 15.3 Å². The van der Waals surface area contributed by atoms with Crippen molar-refractivity contribution >= 4 is 23.3 Å². The third kappa shape index (κ3) is 2.00. The number of hydrogen-bond acceptors (Lipinski definition) is 6. The smallest absolute Gasteiger partial charge is 0.352 e. The summed E-state index contributed by atoms with van der Waals surface area (Å²) in [6.45, 7) is 0.451.